The summed E-state index contributed by atoms with van der Waals surface area (Å²) in [6.07, 6.45) is 1.86. The highest BCUT2D eigenvalue weighted by atomic mass is 32.2. The number of nitrogens with one attached hydrogen (secondary N) is 1. The van der Waals surface area contributed by atoms with Crippen LogP contribution in [0, 0.1) is 0 Å². The smallest absolute Gasteiger partial charge is 0.252 e. The molecular formula is C16H13NO2S. The van der Waals surface area contributed by atoms with E-state index in [0.717, 1.165) is 16.7 Å². The number of carbonyl (C=O) groups excluding carboxylic acids is 1. The van der Waals surface area contributed by atoms with Crippen molar-refractivity contribution in [2.45, 2.75) is 11.4 Å². The van der Waals surface area contributed by atoms with Gasteiger partial charge in [-0.05, 0) is 35.1 Å². The Labute approximate surface area is 121 Å². The standard InChI is InChI=1S/C16H13NO2S/c1-20-15-7-6-12-11-5-3-2-4-10(11)9-17-16(19)13(12)8-14(15)18/h2-8H,9H2,1H3,(H,17,19). The van der Waals surface area contributed by atoms with Gasteiger partial charge in [0.1, 0.15) is 0 Å². The molecule has 0 radical (unpaired) electrons. The molecule has 1 N–H and O–H groups in total. The number of amides is 1. The third-order valence-electron chi connectivity index (χ3n) is 3.42. The molecule has 1 aliphatic rings. The number of benzene rings is 1. The van der Waals surface area contributed by atoms with Crippen molar-refractivity contribution >= 4 is 17.7 Å². The SMILES string of the molecule is CSc1ccc2c(cc1=O)C(=O)NCc1ccccc1-2. The molecule has 2 aromatic carbocycles. The molecule has 4 heteroatoms. The lowest BCUT2D eigenvalue weighted by atomic mass is 9.98. The van der Waals surface area contributed by atoms with E-state index in [9.17, 15) is 9.59 Å². The molecular weight excluding hydrogens is 270 g/mol. The minimum atomic E-state index is -0.198. The van der Waals surface area contributed by atoms with Gasteiger partial charge in [-0.2, -0.15) is 0 Å². The summed E-state index contributed by atoms with van der Waals surface area (Å²) in [6, 6.07) is 13.0. The Morgan fingerprint density at radius 2 is 1.80 bits per heavy atom. The lowest BCUT2D eigenvalue weighted by molar-refractivity contribution is 0.0953. The molecule has 3 rings (SSSR count). The Morgan fingerprint density at radius 1 is 1.00 bits per heavy atom. The molecule has 100 valence electrons. The summed E-state index contributed by atoms with van der Waals surface area (Å²) in [5, 5.41) is 2.85. The second-order valence-corrected chi connectivity index (χ2v) is 5.43. The van der Waals surface area contributed by atoms with E-state index in [2.05, 4.69) is 5.32 Å². The molecule has 0 unspecified atom stereocenters. The fraction of sp³-hybridized carbons (Fsp3) is 0.125. The zero-order valence-corrected chi connectivity index (χ0v) is 11.8. The van der Waals surface area contributed by atoms with Gasteiger partial charge in [0.25, 0.3) is 5.91 Å². The number of carbonyl (C=O) groups is 1. The second-order valence-electron chi connectivity index (χ2n) is 4.58. The number of rotatable bonds is 1. The average molecular weight is 283 g/mol. The van der Waals surface area contributed by atoms with Crippen molar-refractivity contribution < 1.29 is 4.79 Å². The first kappa shape index (κ1) is 12.9. The van der Waals surface area contributed by atoms with E-state index in [-0.39, 0.29) is 11.3 Å². The van der Waals surface area contributed by atoms with E-state index in [1.165, 1.54) is 17.8 Å². The lowest BCUT2D eigenvalue weighted by Crippen LogP contribution is -2.21. The van der Waals surface area contributed by atoms with Gasteiger partial charge in [-0.25, -0.2) is 0 Å². The lowest BCUT2D eigenvalue weighted by Gasteiger charge is -2.04. The van der Waals surface area contributed by atoms with Gasteiger partial charge in [-0.1, -0.05) is 30.3 Å². The van der Waals surface area contributed by atoms with Crippen LogP contribution < -0.4 is 10.7 Å². The van der Waals surface area contributed by atoms with Crippen molar-refractivity contribution in [3.8, 4) is 11.1 Å². The second kappa shape index (κ2) is 5.13. The van der Waals surface area contributed by atoms with Crippen molar-refractivity contribution in [2.75, 3.05) is 6.26 Å². The van der Waals surface area contributed by atoms with Crippen molar-refractivity contribution in [3.05, 3.63) is 63.8 Å². The first-order chi connectivity index (χ1) is 9.70. The van der Waals surface area contributed by atoms with E-state index in [1.54, 1.807) is 6.07 Å². The molecule has 0 saturated heterocycles. The molecule has 0 fully saturated rings. The fourth-order valence-electron chi connectivity index (χ4n) is 2.41. The third kappa shape index (κ3) is 2.12. The van der Waals surface area contributed by atoms with Crippen molar-refractivity contribution in [3.63, 3.8) is 0 Å². The molecule has 0 atom stereocenters. The van der Waals surface area contributed by atoms with Crippen LogP contribution in [0.2, 0.25) is 0 Å². The topological polar surface area (TPSA) is 46.2 Å². The average Bonchev–Trinajstić information content (AvgIpc) is 2.70. The highest BCUT2D eigenvalue weighted by molar-refractivity contribution is 7.98. The maximum Gasteiger partial charge on any atom is 0.252 e. The monoisotopic (exact) mass is 283 g/mol. The van der Waals surface area contributed by atoms with Gasteiger partial charge in [-0.3, -0.25) is 9.59 Å². The predicted molar refractivity (Wildman–Crippen MR) is 81.1 cm³/mol. The highest BCUT2D eigenvalue weighted by Crippen LogP contribution is 2.29. The summed E-state index contributed by atoms with van der Waals surface area (Å²) in [4.78, 5) is 24.9. The van der Waals surface area contributed by atoms with Crippen LogP contribution in [0.15, 0.2) is 52.2 Å². The number of fused-ring (bicyclic) bond motifs is 3. The van der Waals surface area contributed by atoms with Gasteiger partial charge < -0.3 is 5.32 Å². The molecule has 1 heterocycles. The predicted octanol–water partition coefficient (Wildman–Crippen LogP) is 2.68. The third-order valence-corrected chi connectivity index (χ3v) is 4.20. The van der Waals surface area contributed by atoms with Gasteiger partial charge in [0, 0.05) is 6.54 Å². The van der Waals surface area contributed by atoms with Gasteiger partial charge in [0.2, 0.25) is 0 Å². The van der Waals surface area contributed by atoms with E-state index in [4.69, 9.17) is 0 Å². The Morgan fingerprint density at radius 3 is 2.60 bits per heavy atom. The minimum absolute atomic E-state index is 0.117. The first-order valence-corrected chi connectivity index (χ1v) is 7.52. The summed E-state index contributed by atoms with van der Waals surface area (Å²) in [7, 11) is 0. The summed E-state index contributed by atoms with van der Waals surface area (Å²) in [5.74, 6) is -0.198. The Hall–Kier alpha value is -2.07. The van der Waals surface area contributed by atoms with Crippen LogP contribution in [0.25, 0.3) is 11.1 Å². The van der Waals surface area contributed by atoms with Crippen LogP contribution in [0.1, 0.15) is 15.9 Å². The van der Waals surface area contributed by atoms with E-state index < -0.39 is 0 Å². The van der Waals surface area contributed by atoms with Gasteiger partial charge in [0.15, 0.2) is 5.43 Å². The molecule has 0 bridgehead atoms. The summed E-state index contributed by atoms with van der Waals surface area (Å²) < 4.78 is 0. The van der Waals surface area contributed by atoms with Crippen LogP contribution in [0.5, 0.6) is 0 Å². The zero-order valence-electron chi connectivity index (χ0n) is 11.0. The van der Waals surface area contributed by atoms with Crippen LogP contribution >= 0.6 is 11.8 Å². The summed E-state index contributed by atoms with van der Waals surface area (Å²) >= 11 is 1.39. The van der Waals surface area contributed by atoms with Crippen LogP contribution in [0.3, 0.4) is 0 Å². The van der Waals surface area contributed by atoms with E-state index in [0.29, 0.717) is 17.0 Å². The Bertz CT molecular complexity index is 756. The molecule has 20 heavy (non-hydrogen) atoms. The minimum Gasteiger partial charge on any atom is -0.348 e. The van der Waals surface area contributed by atoms with Gasteiger partial charge in [0.05, 0.1) is 10.5 Å². The van der Waals surface area contributed by atoms with Gasteiger partial charge >= 0.3 is 0 Å². The van der Waals surface area contributed by atoms with Crippen LogP contribution in [-0.2, 0) is 6.54 Å². The van der Waals surface area contributed by atoms with E-state index >= 15 is 0 Å². The number of thioether (sulfide) groups is 1. The maximum atomic E-state index is 12.2. The normalized spacial score (nSPS) is 12.9. The molecule has 0 aliphatic carbocycles. The molecule has 1 amide bonds. The molecule has 0 saturated carbocycles. The molecule has 1 aliphatic heterocycles. The molecule has 3 nitrogen and oxygen atoms in total. The Balaban J connectivity index is 2.37. The van der Waals surface area contributed by atoms with Crippen LogP contribution in [-0.4, -0.2) is 12.2 Å². The number of hydrogen-bond acceptors (Lipinski definition) is 3. The van der Waals surface area contributed by atoms with Crippen molar-refractivity contribution in [1.82, 2.24) is 5.32 Å². The highest BCUT2D eigenvalue weighted by Gasteiger charge is 2.19. The molecule has 0 spiro atoms. The quantitative estimate of drug-likeness (QED) is 0.818. The molecule has 2 aromatic rings. The van der Waals surface area contributed by atoms with Crippen molar-refractivity contribution in [1.29, 1.82) is 0 Å². The Kier molecular flexibility index (Phi) is 3.32. The fourth-order valence-corrected chi connectivity index (χ4v) is 2.87. The summed E-state index contributed by atoms with van der Waals surface area (Å²) in [6.45, 7) is 0.483. The number of hydrogen-bond donors (Lipinski definition) is 1. The van der Waals surface area contributed by atoms with Crippen molar-refractivity contribution in [2.24, 2.45) is 0 Å². The first-order valence-electron chi connectivity index (χ1n) is 6.29. The van der Waals surface area contributed by atoms with Crippen LogP contribution in [0.4, 0.5) is 0 Å². The zero-order chi connectivity index (χ0) is 14.1. The molecule has 0 aromatic heterocycles. The maximum absolute atomic E-state index is 12.2. The summed E-state index contributed by atoms with van der Waals surface area (Å²) in [5.41, 5.74) is 3.20. The largest absolute Gasteiger partial charge is 0.348 e. The van der Waals surface area contributed by atoms with Gasteiger partial charge in [-0.15, -0.1) is 11.8 Å². The van der Waals surface area contributed by atoms with E-state index in [1.807, 2.05) is 36.6 Å².